The van der Waals surface area contributed by atoms with Crippen molar-refractivity contribution in [1.29, 1.82) is 0 Å². The maximum atomic E-state index is 13.9. The van der Waals surface area contributed by atoms with E-state index in [0.29, 0.717) is 13.2 Å². The molecule has 0 radical (unpaired) electrons. The summed E-state index contributed by atoms with van der Waals surface area (Å²) in [4.78, 5) is 12.5. The van der Waals surface area contributed by atoms with Gasteiger partial charge in [-0.3, -0.25) is 4.79 Å². The average Bonchev–Trinajstić information content (AvgIpc) is 2.78. The van der Waals surface area contributed by atoms with E-state index in [0.717, 1.165) is 11.8 Å². The van der Waals surface area contributed by atoms with Crippen LogP contribution in [0, 0.1) is 11.6 Å². The van der Waals surface area contributed by atoms with Crippen LogP contribution in [-0.4, -0.2) is 57.8 Å². The minimum atomic E-state index is -3.76. The lowest BCUT2D eigenvalue weighted by Gasteiger charge is -2.26. The second-order valence-corrected chi connectivity index (χ2v) is 10.3. The SMILES string of the molecule is COc1ccc(S(=O)(=O)N2CCOCC2)cc1NC(=O)CSC(C)c1c(F)cccc1F. The molecule has 1 saturated heterocycles. The number of anilines is 1. The number of ether oxygens (including phenoxy) is 2. The van der Waals surface area contributed by atoms with Crippen LogP contribution in [-0.2, 0) is 19.6 Å². The lowest BCUT2D eigenvalue weighted by Crippen LogP contribution is -2.40. The van der Waals surface area contributed by atoms with E-state index in [9.17, 15) is 22.0 Å². The van der Waals surface area contributed by atoms with Gasteiger partial charge in [-0.1, -0.05) is 6.07 Å². The summed E-state index contributed by atoms with van der Waals surface area (Å²) in [6.45, 7) is 2.73. The number of halogens is 2. The molecular formula is C21H24F2N2O5S2. The number of morpholine rings is 1. The summed E-state index contributed by atoms with van der Waals surface area (Å²) in [6.07, 6.45) is 0. The molecule has 0 spiro atoms. The van der Waals surface area contributed by atoms with Gasteiger partial charge in [0.05, 0.1) is 36.7 Å². The van der Waals surface area contributed by atoms with Gasteiger partial charge in [0.1, 0.15) is 17.4 Å². The van der Waals surface area contributed by atoms with Gasteiger partial charge in [-0.25, -0.2) is 17.2 Å². The Morgan fingerprint density at radius 2 is 1.88 bits per heavy atom. The van der Waals surface area contributed by atoms with Crippen molar-refractivity contribution < 1.29 is 31.5 Å². The standard InChI is InChI=1S/C21H24F2N2O5S2/c1-14(21-16(22)4-3-5-17(21)23)31-13-20(26)24-18-12-15(6-7-19(18)29-2)32(27,28)25-8-10-30-11-9-25/h3-7,12,14H,8-11,13H2,1-2H3,(H,24,26). The molecule has 1 aliphatic rings. The minimum Gasteiger partial charge on any atom is -0.495 e. The lowest BCUT2D eigenvalue weighted by atomic mass is 10.1. The number of sulfonamides is 1. The van der Waals surface area contributed by atoms with E-state index in [1.165, 1.54) is 47.8 Å². The van der Waals surface area contributed by atoms with Crippen LogP contribution in [0.15, 0.2) is 41.3 Å². The number of hydrogen-bond donors (Lipinski definition) is 1. The Hall–Kier alpha value is -2.21. The summed E-state index contributed by atoms with van der Waals surface area (Å²) in [6, 6.07) is 7.83. The van der Waals surface area contributed by atoms with Crippen molar-refractivity contribution in [3.05, 3.63) is 53.6 Å². The Labute approximate surface area is 190 Å². The quantitative estimate of drug-likeness (QED) is 0.616. The summed E-state index contributed by atoms with van der Waals surface area (Å²) in [5.41, 5.74) is 0.0960. The Balaban J connectivity index is 1.72. The van der Waals surface area contributed by atoms with Gasteiger partial charge < -0.3 is 14.8 Å². The fourth-order valence-electron chi connectivity index (χ4n) is 3.25. The molecule has 0 aliphatic carbocycles. The van der Waals surface area contributed by atoms with Gasteiger partial charge in [-0.05, 0) is 37.3 Å². The van der Waals surface area contributed by atoms with Crippen LogP contribution in [0.5, 0.6) is 5.75 Å². The van der Waals surface area contributed by atoms with Crippen molar-refractivity contribution in [2.75, 3.05) is 44.5 Å². The van der Waals surface area contributed by atoms with Gasteiger partial charge in [-0.2, -0.15) is 4.31 Å². The number of amides is 1. The fraction of sp³-hybridized carbons (Fsp3) is 0.381. The number of benzene rings is 2. The van der Waals surface area contributed by atoms with Crippen LogP contribution < -0.4 is 10.1 Å². The summed E-state index contributed by atoms with van der Waals surface area (Å²) < 4.78 is 65.5. The van der Waals surface area contributed by atoms with Crippen molar-refractivity contribution in [1.82, 2.24) is 4.31 Å². The average molecular weight is 487 g/mol. The van der Waals surface area contributed by atoms with E-state index < -0.39 is 32.8 Å². The molecule has 1 N–H and O–H groups in total. The third-order valence-electron chi connectivity index (χ3n) is 4.92. The Bertz CT molecular complexity index is 1060. The lowest BCUT2D eigenvalue weighted by molar-refractivity contribution is -0.113. The Morgan fingerprint density at radius 3 is 2.50 bits per heavy atom. The second-order valence-electron chi connectivity index (χ2n) is 7.02. The molecule has 0 aromatic heterocycles. The maximum absolute atomic E-state index is 13.9. The topological polar surface area (TPSA) is 84.9 Å². The fourth-order valence-corrected chi connectivity index (χ4v) is 5.55. The smallest absolute Gasteiger partial charge is 0.243 e. The predicted octanol–water partition coefficient (Wildman–Crippen LogP) is 3.43. The molecule has 1 fully saturated rings. The Morgan fingerprint density at radius 1 is 1.22 bits per heavy atom. The largest absolute Gasteiger partial charge is 0.495 e. The van der Waals surface area contributed by atoms with Crippen LogP contribution >= 0.6 is 11.8 Å². The van der Waals surface area contributed by atoms with Gasteiger partial charge in [0.2, 0.25) is 15.9 Å². The molecule has 7 nitrogen and oxygen atoms in total. The number of nitrogens with zero attached hydrogens (tertiary/aromatic N) is 1. The number of hydrogen-bond acceptors (Lipinski definition) is 6. The summed E-state index contributed by atoms with van der Waals surface area (Å²) in [5.74, 6) is -1.62. The molecule has 1 atom stereocenters. The first kappa shape index (κ1) is 24.4. The molecule has 174 valence electrons. The summed E-state index contributed by atoms with van der Waals surface area (Å²) in [7, 11) is -2.36. The normalized spacial score (nSPS) is 15.9. The van der Waals surface area contributed by atoms with Crippen LogP contribution in [0.1, 0.15) is 17.7 Å². The van der Waals surface area contributed by atoms with Gasteiger partial charge in [-0.15, -0.1) is 11.8 Å². The molecule has 2 aromatic rings. The third kappa shape index (κ3) is 5.58. The number of carbonyl (C=O) groups is 1. The van der Waals surface area contributed by atoms with Crippen molar-refractivity contribution >= 4 is 33.4 Å². The van der Waals surface area contributed by atoms with Crippen molar-refractivity contribution in [3.63, 3.8) is 0 Å². The molecular weight excluding hydrogens is 462 g/mol. The number of rotatable bonds is 8. The van der Waals surface area contributed by atoms with E-state index >= 15 is 0 Å². The molecule has 2 aromatic carbocycles. The van der Waals surface area contributed by atoms with Crippen LogP contribution in [0.3, 0.4) is 0 Å². The van der Waals surface area contributed by atoms with Gasteiger partial charge in [0.15, 0.2) is 0 Å². The minimum absolute atomic E-state index is 0.0185. The van der Waals surface area contributed by atoms with E-state index in [1.807, 2.05) is 0 Å². The molecule has 11 heteroatoms. The van der Waals surface area contributed by atoms with Gasteiger partial charge in [0.25, 0.3) is 0 Å². The molecule has 0 bridgehead atoms. The van der Waals surface area contributed by atoms with E-state index in [-0.39, 0.29) is 40.7 Å². The van der Waals surface area contributed by atoms with Crippen molar-refractivity contribution in [2.24, 2.45) is 0 Å². The zero-order chi connectivity index (χ0) is 23.3. The first-order valence-corrected chi connectivity index (χ1v) is 12.3. The molecule has 32 heavy (non-hydrogen) atoms. The van der Waals surface area contributed by atoms with Crippen molar-refractivity contribution in [2.45, 2.75) is 17.1 Å². The maximum Gasteiger partial charge on any atom is 0.243 e. The highest BCUT2D eigenvalue weighted by Gasteiger charge is 2.27. The van der Waals surface area contributed by atoms with E-state index in [4.69, 9.17) is 9.47 Å². The molecule has 3 rings (SSSR count). The van der Waals surface area contributed by atoms with Crippen LogP contribution in [0.4, 0.5) is 14.5 Å². The predicted molar refractivity (Wildman–Crippen MR) is 118 cm³/mol. The van der Waals surface area contributed by atoms with E-state index in [2.05, 4.69) is 5.32 Å². The number of methoxy groups -OCH3 is 1. The number of carbonyl (C=O) groups excluding carboxylic acids is 1. The third-order valence-corrected chi connectivity index (χ3v) is 7.98. The summed E-state index contributed by atoms with van der Waals surface area (Å²) >= 11 is 1.06. The van der Waals surface area contributed by atoms with Crippen LogP contribution in [0.25, 0.3) is 0 Å². The molecule has 0 saturated carbocycles. The first-order valence-electron chi connectivity index (χ1n) is 9.85. The van der Waals surface area contributed by atoms with E-state index in [1.54, 1.807) is 6.92 Å². The Kier molecular flexibility index (Phi) is 8.10. The van der Waals surface area contributed by atoms with Crippen molar-refractivity contribution in [3.8, 4) is 5.75 Å². The highest BCUT2D eigenvalue weighted by atomic mass is 32.2. The second kappa shape index (κ2) is 10.6. The molecule has 1 aliphatic heterocycles. The highest BCUT2D eigenvalue weighted by molar-refractivity contribution is 8.00. The highest BCUT2D eigenvalue weighted by Crippen LogP contribution is 2.33. The number of nitrogens with one attached hydrogen (secondary N) is 1. The first-order chi connectivity index (χ1) is 15.2. The monoisotopic (exact) mass is 486 g/mol. The van der Waals surface area contributed by atoms with Crippen LogP contribution in [0.2, 0.25) is 0 Å². The molecule has 1 amide bonds. The molecule has 1 unspecified atom stereocenters. The zero-order valence-corrected chi connectivity index (χ0v) is 19.3. The zero-order valence-electron chi connectivity index (χ0n) is 17.6. The summed E-state index contributed by atoms with van der Waals surface area (Å²) in [5, 5.41) is 2.03. The molecule has 1 heterocycles. The van der Waals surface area contributed by atoms with Gasteiger partial charge in [0, 0.05) is 23.9 Å². The van der Waals surface area contributed by atoms with Gasteiger partial charge >= 0.3 is 0 Å². The number of thioether (sulfide) groups is 1.